The number of hydrogen-bond donors (Lipinski definition) is 1. The molecule has 2 saturated heterocycles. The molecule has 3 heterocycles. The molecule has 1 N–H and O–H groups in total. The summed E-state index contributed by atoms with van der Waals surface area (Å²) in [6.07, 6.45) is 6.63. The molecule has 3 aliphatic rings. The average molecular weight is 346 g/mol. The third kappa shape index (κ3) is 3.56. The van der Waals surface area contributed by atoms with Crippen molar-refractivity contribution >= 4 is 6.03 Å². The maximum atomic E-state index is 12.7. The van der Waals surface area contributed by atoms with Crippen LogP contribution in [0.15, 0.2) is 10.9 Å². The summed E-state index contributed by atoms with van der Waals surface area (Å²) in [6.45, 7) is 2.67. The van der Waals surface area contributed by atoms with Crippen LogP contribution in [0.3, 0.4) is 0 Å². The molecule has 1 aliphatic carbocycles. The predicted octanol–water partition coefficient (Wildman–Crippen LogP) is 1.08. The van der Waals surface area contributed by atoms with Crippen LogP contribution in [0, 0.1) is 0 Å². The maximum Gasteiger partial charge on any atom is 0.317 e. The standard InChI is InChI=1S/C18H26N4O3/c23-17-11-13-3-1-5-16(13)20-22(17)12-15-4-2-8-21(15)18(24)19-14-6-9-25-10-7-14/h11,14-15H,1-10,12H2,(H,19,24). The van der Waals surface area contributed by atoms with Crippen LogP contribution in [0.25, 0.3) is 0 Å². The molecule has 0 aromatic carbocycles. The normalized spacial score (nSPS) is 23.7. The van der Waals surface area contributed by atoms with E-state index in [1.165, 1.54) is 0 Å². The quantitative estimate of drug-likeness (QED) is 0.889. The van der Waals surface area contributed by atoms with Gasteiger partial charge in [-0.3, -0.25) is 4.79 Å². The first-order valence-electron chi connectivity index (χ1n) is 9.45. The van der Waals surface area contributed by atoms with Gasteiger partial charge >= 0.3 is 6.03 Å². The molecule has 2 amide bonds. The van der Waals surface area contributed by atoms with Gasteiger partial charge in [0.1, 0.15) is 0 Å². The highest BCUT2D eigenvalue weighted by atomic mass is 16.5. The Hall–Kier alpha value is -1.89. The Balaban J connectivity index is 1.43. The molecule has 7 heteroatoms. The van der Waals surface area contributed by atoms with E-state index in [1.54, 1.807) is 10.7 Å². The van der Waals surface area contributed by atoms with Crippen molar-refractivity contribution in [2.45, 2.75) is 63.6 Å². The van der Waals surface area contributed by atoms with E-state index >= 15 is 0 Å². The molecule has 2 aliphatic heterocycles. The molecule has 1 unspecified atom stereocenters. The van der Waals surface area contributed by atoms with E-state index in [4.69, 9.17) is 4.74 Å². The second-order valence-electron chi connectivity index (χ2n) is 7.32. The predicted molar refractivity (Wildman–Crippen MR) is 92.6 cm³/mol. The molecule has 136 valence electrons. The number of fused-ring (bicyclic) bond motifs is 1. The van der Waals surface area contributed by atoms with E-state index in [0.717, 1.165) is 62.7 Å². The number of rotatable bonds is 3. The number of nitrogens with one attached hydrogen (secondary N) is 1. The zero-order valence-corrected chi connectivity index (χ0v) is 14.6. The molecule has 0 radical (unpaired) electrons. The summed E-state index contributed by atoms with van der Waals surface area (Å²) in [5, 5.41) is 7.69. The molecule has 1 aromatic rings. The Morgan fingerprint density at radius 2 is 2.08 bits per heavy atom. The second kappa shape index (κ2) is 7.15. The topological polar surface area (TPSA) is 76.5 Å². The van der Waals surface area contributed by atoms with Crippen molar-refractivity contribution in [3.05, 3.63) is 27.7 Å². The van der Waals surface area contributed by atoms with E-state index in [9.17, 15) is 9.59 Å². The molecular weight excluding hydrogens is 320 g/mol. The van der Waals surface area contributed by atoms with Crippen molar-refractivity contribution in [3.63, 3.8) is 0 Å². The fraction of sp³-hybridized carbons (Fsp3) is 0.722. The SMILES string of the molecule is O=C(NC1CCOCC1)N1CCCC1Cn1nc2c(cc1=O)CCC2. The van der Waals surface area contributed by atoms with E-state index in [-0.39, 0.29) is 23.7 Å². The van der Waals surface area contributed by atoms with Gasteiger partial charge in [-0.2, -0.15) is 5.10 Å². The summed E-state index contributed by atoms with van der Waals surface area (Å²) in [7, 11) is 0. The van der Waals surface area contributed by atoms with Crippen LogP contribution in [0.1, 0.15) is 43.4 Å². The number of carbonyl (C=O) groups is 1. The Morgan fingerprint density at radius 1 is 1.24 bits per heavy atom. The lowest BCUT2D eigenvalue weighted by Crippen LogP contribution is -2.49. The monoisotopic (exact) mass is 346 g/mol. The zero-order valence-electron chi connectivity index (χ0n) is 14.6. The Morgan fingerprint density at radius 3 is 2.92 bits per heavy atom. The maximum absolute atomic E-state index is 12.7. The molecule has 4 rings (SSSR count). The lowest BCUT2D eigenvalue weighted by atomic mass is 10.1. The first-order valence-corrected chi connectivity index (χ1v) is 9.45. The zero-order chi connectivity index (χ0) is 17.2. The lowest BCUT2D eigenvalue weighted by molar-refractivity contribution is 0.0776. The smallest absolute Gasteiger partial charge is 0.317 e. The summed E-state index contributed by atoms with van der Waals surface area (Å²) in [5.41, 5.74) is 2.11. The first kappa shape index (κ1) is 16.6. The van der Waals surface area contributed by atoms with Gasteiger partial charge in [0, 0.05) is 31.9 Å². The largest absolute Gasteiger partial charge is 0.381 e. The van der Waals surface area contributed by atoms with Gasteiger partial charge in [-0.1, -0.05) is 0 Å². The van der Waals surface area contributed by atoms with Crippen LogP contribution in [0.4, 0.5) is 4.79 Å². The van der Waals surface area contributed by atoms with Crippen LogP contribution >= 0.6 is 0 Å². The van der Waals surface area contributed by atoms with Crippen LogP contribution < -0.4 is 10.9 Å². The van der Waals surface area contributed by atoms with Gasteiger partial charge in [0.15, 0.2) is 0 Å². The molecular formula is C18H26N4O3. The number of nitrogens with zero attached hydrogens (tertiary/aromatic N) is 3. The fourth-order valence-electron chi connectivity index (χ4n) is 4.16. The highest BCUT2D eigenvalue weighted by Gasteiger charge is 2.31. The molecule has 25 heavy (non-hydrogen) atoms. The van der Waals surface area contributed by atoms with Crippen molar-refractivity contribution in [1.29, 1.82) is 0 Å². The number of aryl methyl sites for hydroxylation is 2. The molecule has 0 spiro atoms. The highest BCUT2D eigenvalue weighted by Crippen LogP contribution is 2.21. The molecule has 7 nitrogen and oxygen atoms in total. The molecule has 2 fully saturated rings. The number of amides is 2. The number of hydrogen-bond acceptors (Lipinski definition) is 4. The van der Waals surface area contributed by atoms with Crippen molar-refractivity contribution in [3.8, 4) is 0 Å². The minimum atomic E-state index is -0.0441. The Kier molecular flexibility index (Phi) is 4.74. The van der Waals surface area contributed by atoms with Gasteiger partial charge < -0.3 is 15.0 Å². The average Bonchev–Trinajstić information content (AvgIpc) is 3.25. The summed E-state index contributed by atoms with van der Waals surface area (Å²) in [5.74, 6) is 0. The number of carbonyl (C=O) groups excluding carboxylic acids is 1. The third-order valence-corrected chi connectivity index (χ3v) is 5.59. The molecule has 0 bridgehead atoms. The number of aromatic nitrogens is 2. The van der Waals surface area contributed by atoms with Gasteiger partial charge in [-0.05, 0) is 50.5 Å². The first-order chi connectivity index (χ1) is 12.2. The van der Waals surface area contributed by atoms with Crippen molar-refractivity contribution in [2.24, 2.45) is 0 Å². The van der Waals surface area contributed by atoms with Crippen molar-refractivity contribution < 1.29 is 9.53 Å². The summed E-state index contributed by atoms with van der Waals surface area (Å²) < 4.78 is 6.91. The summed E-state index contributed by atoms with van der Waals surface area (Å²) in [4.78, 5) is 26.9. The fourth-order valence-corrected chi connectivity index (χ4v) is 4.16. The summed E-state index contributed by atoms with van der Waals surface area (Å²) in [6, 6.07) is 1.97. The van der Waals surface area contributed by atoms with Crippen LogP contribution in [-0.2, 0) is 24.1 Å². The van der Waals surface area contributed by atoms with Crippen LogP contribution in [-0.4, -0.2) is 52.6 Å². The molecule has 1 aromatic heterocycles. The minimum Gasteiger partial charge on any atom is -0.381 e. The number of likely N-dealkylation sites (tertiary alicyclic amines) is 1. The van der Waals surface area contributed by atoms with E-state index in [0.29, 0.717) is 19.8 Å². The molecule has 0 saturated carbocycles. The van der Waals surface area contributed by atoms with E-state index in [2.05, 4.69) is 10.4 Å². The molecule has 1 atom stereocenters. The Bertz CT molecular complexity index is 696. The minimum absolute atomic E-state index is 0.0105. The van der Waals surface area contributed by atoms with Crippen LogP contribution in [0.2, 0.25) is 0 Å². The van der Waals surface area contributed by atoms with Crippen LogP contribution in [0.5, 0.6) is 0 Å². The second-order valence-corrected chi connectivity index (χ2v) is 7.32. The van der Waals surface area contributed by atoms with Crippen molar-refractivity contribution in [1.82, 2.24) is 20.0 Å². The highest BCUT2D eigenvalue weighted by molar-refractivity contribution is 5.75. The van der Waals surface area contributed by atoms with Gasteiger partial charge in [-0.15, -0.1) is 0 Å². The van der Waals surface area contributed by atoms with Gasteiger partial charge in [-0.25, -0.2) is 9.48 Å². The lowest BCUT2D eigenvalue weighted by Gasteiger charge is -2.29. The number of ether oxygens (including phenoxy) is 1. The van der Waals surface area contributed by atoms with Crippen molar-refractivity contribution in [2.75, 3.05) is 19.8 Å². The van der Waals surface area contributed by atoms with E-state index < -0.39 is 0 Å². The van der Waals surface area contributed by atoms with Gasteiger partial charge in [0.05, 0.1) is 18.3 Å². The van der Waals surface area contributed by atoms with Gasteiger partial charge in [0.2, 0.25) is 0 Å². The summed E-state index contributed by atoms with van der Waals surface area (Å²) >= 11 is 0. The number of urea groups is 1. The van der Waals surface area contributed by atoms with E-state index in [1.807, 2.05) is 4.90 Å². The third-order valence-electron chi connectivity index (χ3n) is 5.59. The van der Waals surface area contributed by atoms with Gasteiger partial charge in [0.25, 0.3) is 5.56 Å². The Labute approximate surface area is 147 Å².